The zero-order valence-electron chi connectivity index (χ0n) is 22.7. The first-order valence-corrected chi connectivity index (χ1v) is 12.8. The summed E-state index contributed by atoms with van der Waals surface area (Å²) in [5.74, 6) is -2.44. The third-order valence-electron chi connectivity index (χ3n) is 8.16. The average Bonchev–Trinajstić information content (AvgIpc) is 2.83. The van der Waals surface area contributed by atoms with Crippen LogP contribution in [0.3, 0.4) is 0 Å². The Balaban J connectivity index is 2.49. The molecule has 3 rings (SSSR count). The molecule has 2 aliphatic carbocycles. The monoisotopic (exact) mass is 502 g/mol. The van der Waals surface area contributed by atoms with Gasteiger partial charge in [-0.3, -0.25) is 19.2 Å². The van der Waals surface area contributed by atoms with Gasteiger partial charge in [0, 0.05) is 11.1 Å². The van der Waals surface area contributed by atoms with Crippen LogP contribution in [-0.2, 0) is 19.1 Å². The molecule has 5 nitrogen and oxygen atoms in total. The Hall–Kier alpha value is -3.34. The quantitative estimate of drug-likeness (QED) is 0.164. The Morgan fingerprint density at radius 2 is 1.65 bits per heavy atom. The number of ether oxygens (including phenoxy) is 1. The molecule has 0 N–H and O–H groups in total. The number of allylic oxidation sites excluding steroid dienone is 5. The summed E-state index contributed by atoms with van der Waals surface area (Å²) >= 11 is 0. The van der Waals surface area contributed by atoms with Gasteiger partial charge in [0.15, 0.2) is 22.8 Å². The third kappa shape index (κ3) is 4.09. The van der Waals surface area contributed by atoms with Gasteiger partial charge < -0.3 is 4.74 Å². The van der Waals surface area contributed by atoms with Crippen LogP contribution in [0.15, 0.2) is 79.6 Å². The van der Waals surface area contributed by atoms with Crippen molar-refractivity contribution in [2.24, 2.45) is 27.6 Å². The highest BCUT2D eigenvalue weighted by molar-refractivity contribution is 6.36. The van der Waals surface area contributed by atoms with E-state index in [0.29, 0.717) is 12.8 Å². The summed E-state index contributed by atoms with van der Waals surface area (Å²) < 4.78 is 5.99. The summed E-state index contributed by atoms with van der Waals surface area (Å²) in [4.78, 5) is 57.1. The lowest BCUT2D eigenvalue weighted by Crippen LogP contribution is -2.70. The molecule has 0 radical (unpaired) electrons. The first-order chi connectivity index (χ1) is 17.3. The van der Waals surface area contributed by atoms with Crippen LogP contribution in [-0.4, -0.2) is 23.3 Å². The summed E-state index contributed by atoms with van der Waals surface area (Å²) in [5.41, 5.74) is -4.88. The molecule has 0 unspecified atom stereocenters. The molecule has 196 valence electrons. The highest BCUT2D eigenvalue weighted by Crippen LogP contribution is 2.66. The number of hydrogen-bond donors (Lipinski definition) is 0. The van der Waals surface area contributed by atoms with E-state index in [9.17, 15) is 19.2 Å². The fourth-order valence-electron chi connectivity index (χ4n) is 6.07. The lowest BCUT2D eigenvalue weighted by molar-refractivity contribution is -0.169. The van der Waals surface area contributed by atoms with Gasteiger partial charge in [-0.25, -0.2) is 0 Å². The van der Waals surface area contributed by atoms with Gasteiger partial charge in [-0.05, 0) is 57.8 Å². The fraction of sp³-hybridized carbons (Fsp3) is 0.438. The van der Waals surface area contributed by atoms with Crippen molar-refractivity contribution in [3.63, 3.8) is 0 Å². The maximum absolute atomic E-state index is 14.9. The van der Waals surface area contributed by atoms with Crippen LogP contribution in [0.4, 0.5) is 0 Å². The third-order valence-corrected chi connectivity index (χ3v) is 8.16. The molecule has 0 heterocycles. The Morgan fingerprint density at radius 1 is 1.03 bits per heavy atom. The van der Waals surface area contributed by atoms with E-state index in [-0.39, 0.29) is 35.7 Å². The molecule has 0 spiro atoms. The first-order valence-electron chi connectivity index (χ1n) is 12.8. The molecule has 5 heteroatoms. The number of ketones is 3. The molecule has 1 saturated carbocycles. The molecule has 2 bridgehead atoms. The van der Waals surface area contributed by atoms with Gasteiger partial charge in [-0.2, -0.15) is 0 Å². The second kappa shape index (κ2) is 9.85. The average molecular weight is 503 g/mol. The van der Waals surface area contributed by atoms with Gasteiger partial charge in [-0.1, -0.05) is 62.4 Å². The smallest absolute Gasteiger partial charge is 0.316 e. The Labute approximate surface area is 220 Å². The molecule has 2 aliphatic rings. The lowest BCUT2D eigenvalue weighted by atomic mass is 9.39. The van der Waals surface area contributed by atoms with E-state index >= 15 is 0 Å². The van der Waals surface area contributed by atoms with Crippen molar-refractivity contribution in [1.82, 2.24) is 0 Å². The van der Waals surface area contributed by atoms with Gasteiger partial charge in [0.2, 0.25) is 0 Å². The van der Waals surface area contributed by atoms with Gasteiger partial charge in [-0.15, -0.1) is 19.7 Å². The van der Waals surface area contributed by atoms with Crippen LogP contribution in [0.2, 0.25) is 0 Å². The molecule has 1 aromatic rings. The van der Waals surface area contributed by atoms with Crippen molar-refractivity contribution >= 4 is 23.3 Å². The van der Waals surface area contributed by atoms with E-state index < -0.39 is 45.0 Å². The molecule has 0 aliphatic heterocycles. The van der Waals surface area contributed by atoms with Crippen LogP contribution in [0, 0.1) is 27.6 Å². The highest BCUT2D eigenvalue weighted by Gasteiger charge is 2.75. The molecular weight excluding hydrogens is 464 g/mol. The van der Waals surface area contributed by atoms with Crippen molar-refractivity contribution in [1.29, 1.82) is 0 Å². The summed E-state index contributed by atoms with van der Waals surface area (Å²) in [6.07, 6.45) is 5.85. The zero-order valence-corrected chi connectivity index (χ0v) is 22.7. The minimum atomic E-state index is -2.00. The van der Waals surface area contributed by atoms with E-state index in [1.54, 1.807) is 69.3 Å². The Bertz CT molecular complexity index is 1190. The van der Waals surface area contributed by atoms with Crippen molar-refractivity contribution in [3.05, 3.63) is 85.2 Å². The molecule has 1 fully saturated rings. The zero-order chi connectivity index (χ0) is 27.8. The number of benzene rings is 1. The van der Waals surface area contributed by atoms with Crippen LogP contribution >= 0.6 is 0 Å². The van der Waals surface area contributed by atoms with E-state index in [1.165, 1.54) is 0 Å². The van der Waals surface area contributed by atoms with Crippen LogP contribution < -0.4 is 0 Å². The topological polar surface area (TPSA) is 77.5 Å². The van der Waals surface area contributed by atoms with Gasteiger partial charge in [0.05, 0.1) is 10.8 Å². The SMILES string of the molecule is C=CCC1=C(OC(=O)C(C)(C)C)[C@@]2(CC=C)C[C@@H](CC=C)C(C)(C)[C@@](C(=O)c3ccccc3)(C1=O)C2=O. The molecule has 3 atom stereocenters. The van der Waals surface area contributed by atoms with Crippen LogP contribution in [0.1, 0.15) is 70.7 Å². The minimum absolute atomic E-state index is 0.0447. The number of carbonyl (C=O) groups excluding carboxylic acids is 4. The molecule has 0 aromatic heterocycles. The largest absolute Gasteiger partial charge is 0.429 e. The fourth-order valence-corrected chi connectivity index (χ4v) is 6.07. The van der Waals surface area contributed by atoms with Crippen LogP contribution in [0.25, 0.3) is 0 Å². The predicted octanol–water partition coefficient (Wildman–Crippen LogP) is 6.61. The normalized spacial score (nSPS) is 26.9. The second-order valence-corrected chi connectivity index (χ2v) is 11.8. The van der Waals surface area contributed by atoms with E-state index in [1.807, 2.05) is 13.8 Å². The van der Waals surface area contributed by atoms with E-state index in [4.69, 9.17) is 4.74 Å². The van der Waals surface area contributed by atoms with Gasteiger partial charge >= 0.3 is 5.97 Å². The maximum Gasteiger partial charge on any atom is 0.316 e. The number of esters is 1. The highest BCUT2D eigenvalue weighted by atomic mass is 16.5. The minimum Gasteiger partial charge on any atom is -0.429 e. The Morgan fingerprint density at radius 3 is 2.16 bits per heavy atom. The number of Topliss-reactive ketones (excluding diaryl/α,β-unsaturated/α-hetero) is 3. The molecule has 0 amide bonds. The molecule has 0 saturated heterocycles. The second-order valence-electron chi connectivity index (χ2n) is 11.8. The molecule has 37 heavy (non-hydrogen) atoms. The summed E-state index contributed by atoms with van der Waals surface area (Å²) in [6, 6.07) is 8.47. The number of fused-ring (bicyclic) bond motifs is 2. The Kier molecular flexibility index (Phi) is 7.51. The van der Waals surface area contributed by atoms with Crippen molar-refractivity contribution in [3.8, 4) is 0 Å². The number of rotatable bonds is 9. The predicted molar refractivity (Wildman–Crippen MR) is 145 cm³/mol. The van der Waals surface area contributed by atoms with Crippen LogP contribution in [0.5, 0.6) is 0 Å². The number of carbonyl (C=O) groups is 4. The summed E-state index contributed by atoms with van der Waals surface area (Å²) in [5, 5.41) is 0. The van der Waals surface area contributed by atoms with Crippen molar-refractivity contribution < 1.29 is 23.9 Å². The maximum atomic E-state index is 14.9. The van der Waals surface area contributed by atoms with E-state index in [2.05, 4.69) is 19.7 Å². The van der Waals surface area contributed by atoms with Crippen molar-refractivity contribution in [2.45, 2.75) is 60.3 Å². The summed E-state index contributed by atoms with van der Waals surface area (Å²) in [7, 11) is 0. The van der Waals surface area contributed by atoms with E-state index in [0.717, 1.165) is 0 Å². The standard InChI is InChI=1S/C32H38O5/c1-9-15-22-20-31(19-11-3)26(37-28(36)29(4,5)6)23(16-10-2)25(34)32(27(31)35,30(22,7)8)24(33)21-17-13-12-14-18-21/h9-14,17-18,22H,1-3,15-16,19-20H2,4-8H3/t22-,31-,32+/m1/s1. The lowest BCUT2D eigenvalue weighted by Gasteiger charge is -2.59. The van der Waals surface area contributed by atoms with Gasteiger partial charge in [0.25, 0.3) is 0 Å². The number of hydrogen-bond acceptors (Lipinski definition) is 5. The molecular formula is C32H38O5. The molecule has 1 aromatic carbocycles. The summed E-state index contributed by atoms with van der Waals surface area (Å²) in [6.45, 7) is 20.4. The van der Waals surface area contributed by atoms with Crippen molar-refractivity contribution in [2.75, 3.05) is 0 Å². The first kappa shape index (κ1) is 28.2. The van der Waals surface area contributed by atoms with Gasteiger partial charge in [0.1, 0.15) is 5.76 Å².